The Balaban J connectivity index is 2.39. The second kappa shape index (κ2) is 6.58. The van der Waals surface area contributed by atoms with Crippen molar-refractivity contribution in [1.29, 1.82) is 0 Å². The van der Waals surface area contributed by atoms with Gasteiger partial charge in [0.05, 0.1) is 5.69 Å². The zero-order valence-electron chi connectivity index (χ0n) is 10.9. The minimum Gasteiger partial charge on any atom is -0.396 e. The molecule has 0 spiro atoms. The van der Waals surface area contributed by atoms with E-state index in [0.717, 1.165) is 6.07 Å². The number of urea groups is 1. The van der Waals surface area contributed by atoms with Gasteiger partial charge >= 0.3 is 6.03 Å². The molecule has 1 aromatic carbocycles. The molecular formula is C12H17FN4O2. The number of benzene rings is 1. The van der Waals surface area contributed by atoms with Gasteiger partial charge < -0.3 is 21.3 Å². The van der Waals surface area contributed by atoms with Crippen molar-refractivity contribution in [1.82, 2.24) is 15.5 Å². The molecule has 0 aliphatic heterocycles. The van der Waals surface area contributed by atoms with Crippen molar-refractivity contribution in [2.24, 2.45) is 0 Å². The molecule has 0 aromatic heterocycles. The predicted molar refractivity (Wildman–Crippen MR) is 70.2 cm³/mol. The minimum atomic E-state index is -0.631. The van der Waals surface area contributed by atoms with Crippen LogP contribution >= 0.6 is 0 Å². The Morgan fingerprint density at radius 2 is 1.89 bits per heavy atom. The number of carbonyl (C=O) groups excluding carboxylic acids is 2. The normalized spacial score (nSPS) is 9.84. The van der Waals surface area contributed by atoms with Crippen LogP contribution in [0.2, 0.25) is 0 Å². The van der Waals surface area contributed by atoms with Crippen LogP contribution in [0.25, 0.3) is 0 Å². The van der Waals surface area contributed by atoms with E-state index >= 15 is 0 Å². The Labute approximate surface area is 110 Å². The first-order valence-electron chi connectivity index (χ1n) is 5.70. The van der Waals surface area contributed by atoms with Gasteiger partial charge in [-0.25, -0.2) is 9.18 Å². The molecule has 19 heavy (non-hydrogen) atoms. The lowest BCUT2D eigenvalue weighted by atomic mass is 10.2. The smallest absolute Gasteiger partial charge is 0.316 e. The van der Waals surface area contributed by atoms with E-state index in [0.29, 0.717) is 6.54 Å². The first-order chi connectivity index (χ1) is 8.91. The van der Waals surface area contributed by atoms with Crippen LogP contribution < -0.4 is 16.4 Å². The summed E-state index contributed by atoms with van der Waals surface area (Å²) < 4.78 is 13.2. The molecule has 104 valence electrons. The molecule has 7 heteroatoms. The third-order valence-corrected chi connectivity index (χ3v) is 2.36. The molecule has 0 atom stereocenters. The van der Waals surface area contributed by atoms with Gasteiger partial charge in [-0.1, -0.05) is 0 Å². The molecule has 0 saturated carbocycles. The van der Waals surface area contributed by atoms with Crippen molar-refractivity contribution in [3.8, 4) is 0 Å². The molecule has 4 N–H and O–H groups in total. The highest BCUT2D eigenvalue weighted by molar-refractivity contribution is 5.94. The SMILES string of the molecule is CN(C)C(=O)NCCNC(=O)c1ccc(N)c(F)c1. The number of nitrogens with one attached hydrogen (secondary N) is 2. The van der Waals surface area contributed by atoms with Crippen molar-refractivity contribution >= 4 is 17.6 Å². The number of hydrogen-bond acceptors (Lipinski definition) is 3. The van der Waals surface area contributed by atoms with Gasteiger partial charge in [-0.3, -0.25) is 4.79 Å². The Hall–Kier alpha value is -2.31. The molecule has 0 bridgehead atoms. The van der Waals surface area contributed by atoms with Crippen LogP contribution in [0.15, 0.2) is 18.2 Å². The largest absolute Gasteiger partial charge is 0.396 e. The van der Waals surface area contributed by atoms with Crippen LogP contribution in [0, 0.1) is 5.82 Å². The first-order valence-corrected chi connectivity index (χ1v) is 5.70. The Kier molecular flexibility index (Phi) is 5.11. The summed E-state index contributed by atoms with van der Waals surface area (Å²) in [6, 6.07) is 3.60. The predicted octanol–water partition coefficient (Wildman–Crippen LogP) is 0.409. The molecular weight excluding hydrogens is 251 g/mol. The van der Waals surface area contributed by atoms with E-state index in [1.807, 2.05) is 0 Å². The molecule has 0 saturated heterocycles. The Bertz CT molecular complexity index is 477. The lowest BCUT2D eigenvalue weighted by Gasteiger charge is -2.12. The molecule has 1 rings (SSSR count). The van der Waals surface area contributed by atoms with Crippen LogP contribution in [0.5, 0.6) is 0 Å². The minimum absolute atomic E-state index is 0.00482. The van der Waals surface area contributed by atoms with Gasteiger partial charge in [-0.2, -0.15) is 0 Å². The molecule has 0 fully saturated rings. The van der Waals surface area contributed by atoms with E-state index in [4.69, 9.17) is 5.73 Å². The van der Waals surface area contributed by atoms with E-state index in [2.05, 4.69) is 10.6 Å². The molecule has 6 nitrogen and oxygen atoms in total. The maximum atomic E-state index is 13.2. The lowest BCUT2D eigenvalue weighted by molar-refractivity contribution is 0.0953. The van der Waals surface area contributed by atoms with E-state index in [1.165, 1.54) is 17.0 Å². The van der Waals surface area contributed by atoms with Crippen LogP contribution in [0.3, 0.4) is 0 Å². The highest BCUT2D eigenvalue weighted by Gasteiger charge is 2.08. The summed E-state index contributed by atoms with van der Waals surface area (Å²) in [6.07, 6.45) is 0. The van der Waals surface area contributed by atoms with Crippen molar-refractivity contribution in [3.63, 3.8) is 0 Å². The first kappa shape index (κ1) is 14.7. The number of carbonyl (C=O) groups is 2. The lowest BCUT2D eigenvalue weighted by Crippen LogP contribution is -2.39. The Morgan fingerprint density at radius 1 is 1.26 bits per heavy atom. The van der Waals surface area contributed by atoms with Gasteiger partial charge in [0.2, 0.25) is 0 Å². The highest BCUT2D eigenvalue weighted by Crippen LogP contribution is 2.11. The summed E-state index contributed by atoms with van der Waals surface area (Å²) in [7, 11) is 3.23. The van der Waals surface area contributed by atoms with E-state index < -0.39 is 11.7 Å². The van der Waals surface area contributed by atoms with Crippen LogP contribution in [0.1, 0.15) is 10.4 Å². The van der Waals surface area contributed by atoms with E-state index in [9.17, 15) is 14.0 Å². The average molecular weight is 268 g/mol. The average Bonchev–Trinajstić information content (AvgIpc) is 2.37. The third-order valence-electron chi connectivity index (χ3n) is 2.36. The van der Waals surface area contributed by atoms with Crippen LogP contribution in [-0.4, -0.2) is 44.0 Å². The summed E-state index contributed by atoms with van der Waals surface area (Å²) in [4.78, 5) is 24.2. The van der Waals surface area contributed by atoms with Gasteiger partial charge in [0.1, 0.15) is 5.82 Å². The number of rotatable bonds is 4. The number of amides is 3. The molecule has 0 aliphatic carbocycles. The molecule has 0 aliphatic rings. The fourth-order valence-corrected chi connectivity index (χ4v) is 1.27. The number of anilines is 1. The Morgan fingerprint density at radius 3 is 2.47 bits per heavy atom. The van der Waals surface area contributed by atoms with Gasteiger partial charge in [-0.05, 0) is 18.2 Å². The number of hydrogen-bond donors (Lipinski definition) is 3. The topological polar surface area (TPSA) is 87.5 Å². The molecule has 0 radical (unpaired) electrons. The zero-order valence-corrected chi connectivity index (χ0v) is 10.9. The van der Waals surface area contributed by atoms with Gasteiger partial charge in [-0.15, -0.1) is 0 Å². The zero-order chi connectivity index (χ0) is 14.4. The monoisotopic (exact) mass is 268 g/mol. The standard InChI is InChI=1S/C12H17FN4O2/c1-17(2)12(19)16-6-5-15-11(18)8-3-4-10(14)9(13)7-8/h3-4,7H,5-6,14H2,1-2H3,(H,15,18)(H,16,19). The number of nitrogens with two attached hydrogens (primary N) is 1. The van der Waals surface area contributed by atoms with Gasteiger partial charge in [0.25, 0.3) is 5.91 Å². The summed E-state index contributed by atoms with van der Waals surface area (Å²) in [5.41, 5.74) is 5.49. The maximum Gasteiger partial charge on any atom is 0.316 e. The van der Waals surface area contributed by atoms with Crippen LogP contribution in [-0.2, 0) is 0 Å². The fraction of sp³-hybridized carbons (Fsp3) is 0.333. The van der Waals surface area contributed by atoms with Crippen molar-refractivity contribution in [3.05, 3.63) is 29.6 Å². The number of nitrogens with zero attached hydrogens (tertiary/aromatic N) is 1. The second-order valence-corrected chi connectivity index (χ2v) is 4.12. The maximum absolute atomic E-state index is 13.2. The molecule has 3 amide bonds. The summed E-state index contributed by atoms with van der Waals surface area (Å²) in [5.74, 6) is -1.05. The fourth-order valence-electron chi connectivity index (χ4n) is 1.27. The van der Waals surface area contributed by atoms with E-state index in [-0.39, 0.29) is 23.8 Å². The summed E-state index contributed by atoms with van der Waals surface area (Å²) >= 11 is 0. The summed E-state index contributed by atoms with van der Waals surface area (Å²) in [6.45, 7) is 0.546. The van der Waals surface area contributed by atoms with Gasteiger partial charge in [0, 0.05) is 32.7 Å². The molecule has 0 heterocycles. The number of nitrogen functional groups attached to an aromatic ring is 1. The van der Waals surface area contributed by atoms with Crippen molar-refractivity contribution in [2.45, 2.75) is 0 Å². The van der Waals surface area contributed by atoms with Crippen LogP contribution in [0.4, 0.5) is 14.9 Å². The molecule has 0 unspecified atom stereocenters. The second-order valence-electron chi connectivity index (χ2n) is 4.12. The highest BCUT2D eigenvalue weighted by atomic mass is 19.1. The van der Waals surface area contributed by atoms with Crippen molar-refractivity contribution in [2.75, 3.05) is 32.9 Å². The third kappa shape index (κ3) is 4.46. The number of halogens is 1. The molecule has 1 aromatic rings. The van der Waals surface area contributed by atoms with E-state index in [1.54, 1.807) is 14.1 Å². The van der Waals surface area contributed by atoms with Gasteiger partial charge in [0.15, 0.2) is 0 Å². The van der Waals surface area contributed by atoms with Crippen molar-refractivity contribution < 1.29 is 14.0 Å². The quantitative estimate of drug-likeness (QED) is 0.546. The summed E-state index contributed by atoms with van der Waals surface area (Å²) in [5, 5.41) is 5.15.